The number of likely N-dealkylation sites (N-methyl/N-ethyl adjacent to an activating group) is 1. The summed E-state index contributed by atoms with van der Waals surface area (Å²) in [6.07, 6.45) is -6.89. The zero-order valence-corrected chi connectivity index (χ0v) is 19.2. The van der Waals surface area contributed by atoms with Crippen molar-refractivity contribution in [1.29, 1.82) is 0 Å². The molecule has 1 aliphatic heterocycles. The van der Waals surface area contributed by atoms with Crippen molar-refractivity contribution in [2.45, 2.75) is 17.5 Å². The van der Waals surface area contributed by atoms with E-state index in [0.717, 1.165) is 42.6 Å². The van der Waals surface area contributed by atoms with Crippen LogP contribution >= 0.6 is 0 Å². The molecule has 6 nitrogen and oxygen atoms in total. The number of fused-ring (bicyclic) bond motifs is 1. The minimum Gasteiger partial charge on any atom is -0.482 e. The van der Waals surface area contributed by atoms with Gasteiger partial charge in [-0.05, 0) is 43.4 Å². The summed E-state index contributed by atoms with van der Waals surface area (Å²) in [4.78, 5) is 3.33. The lowest BCUT2D eigenvalue weighted by molar-refractivity contribution is -0.153. The molecule has 0 radical (unpaired) electrons. The van der Waals surface area contributed by atoms with Gasteiger partial charge in [-0.15, -0.1) is 0 Å². The van der Waals surface area contributed by atoms with Crippen LogP contribution in [0.1, 0.15) is 12.0 Å². The minimum atomic E-state index is -4.61. The third-order valence-electron chi connectivity index (χ3n) is 5.72. The molecule has 1 saturated heterocycles. The van der Waals surface area contributed by atoms with E-state index in [1.807, 2.05) is 11.9 Å². The first-order valence-electron chi connectivity index (χ1n) is 10.5. The van der Waals surface area contributed by atoms with E-state index in [9.17, 15) is 34.8 Å². The van der Waals surface area contributed by atoms with Crippen LogP contribution in [-0.4, -0.2) is 63.3 Å². The van der Waals surface area contributed by atoms with E-state index >= 15 is 0 Å². The van der Waals surface area contributed by atoms with Gasteiger partial charge in [0.05, 0.1) is 16.1 Å². The molecule has 3 aromatic rings. The maximum atomic E-state index is 13.9. The molecule has 190 valence electrons. The van der Waals surface area contributed by atoms with Gasteiger partial charge in [-0.1, -0.05) is 0 Å². The van der Waals surface area contributed by atoms with Gasteiger partial charge >= 0.3 is 6.18 Å². The Morgan fingerprint density at radius 2 is 1.71 bits per heavy atom. The van der Waals surface area contributed by atoms with Crippen LogP contribution in [0.4, 0.5) is 32.0 Å². The number of rotatable bonds is 6. The number of aromatic nitrogens is 1. The van der Waals surface area contributed by atoms with E-state index in [1.54, 1.807) is 4.90 Å². The lowest BCUT2D eigenvalue weighted by atomic mass is 10.2. The smallest absolute Gasteiger partial charge is 0.422 e. The maximum absolute atomic E-state index is 13.9. The van der Waals surface area contributed by atoms with Gasteiger partial charge < -0.3 is 14.5 Å². The van der Waals surface area contributed by atoms with Crippen LogP contribution in [0, 0.1) is 5.82 Å². The summed E-state index contributed by atoms with van der Waals surface area (Å²) in [5.74, 6) is -0.982. The topological polar surface area (TPSA) is 54.8 Å². The van der Waals surface area contributed by atoms with Gasteiger partial charge in [0, 0.05) is 43.3 Å². The fraction of sp³-hybridized carbons (Fsp3) is 0.364. The molecule has 35 heavy (non-hydrogen) atoms. The van der Waals surface area contributed by atoms with Crippen LogP contribution in [-0.2, 0) is 10.0 Å². The SMILES string of the molecule is CN1CCN(c2cc(S(=O)(=O)n3cc(C(F)F)c4ccc(F)cc43)ccc2OCC(F)(F)F)CC1. The number of alkyl halides is 5. The van der Waals surface area contributed by atoms with Gasteiger partial charge in [-0.3, -0.25) is 0 Å². The average Bonchev–Trinajstić information content (AvgIpc) is 3.17. The standard InChI is InChI=1S/C22H21F6N3O3S/c1-29-6-8-30(9-7-29)19-11-15(3-5-20(19)34-13-22(26,27)28)35(32,33)31-12-17(21(24)25)16-4-2-14(23)10-18(16)31/h2-5,10-12,21H,6-9,13H2,1H3. The van der Waals surface area contributed by atoms with Crippen LogP contribution in [0.2, 0.25) is 0 Å². The Bertz CT molecular complexity index is 1330. The molecular formula is C22H21F6N3O3S. The Kier molecular flexibility index (Phi) is 6.66. The average molecular weight is 521 g/mol. The van der Waals surface area contributed by atoms with Crippen molar-refractivity contribution in [1.82, 2.24) is 8.87 Å². The maximum Gasteiger partial charge on any atom is 0.422 e. The summed E-state index contributed by atoms with van der Waals surface area (Å²) in [6.45, 7) is 0.383. The molecule has 4 rings (SSSR count). The summed E-state index contributed by atoms with van der Waals surface area (Å²) in [6, 6.07) is 6.15. The number of hydrogen-bond donors (Lipinski definition) is 0. The zero-order valence-electron chi connectivity index (χ0n) is 18.4. The van der Waals surface area contributed by atoms with Crippen LogP contribution < -0.4 is 9.64 Å². The fourth-order valence-corrected chi connectivity index (χ4v) is 5.31. The van der Waals surface area contributed by atoms with Gasteiger partial charge in [0.15, 0.2) is 6.61 Å². The Morgan fingerprint density at radius 3 is 2.34 bits per heavy atom. The van der Waals surface area contributed by atoms with Crippen molar-refractivity contribution < 1.29 is 39.5 Å². The number of anilines is 1. The second-order valence-electron chi connectivity index (χ2n) is 8.17. The highest BCUT2D eigenvalue weighted by atomic mass is 32.2. The van der Waals surface area contributed by atoms with Gasteiger partial charge in [0.25, 0.3) is 16.4 Å². The quantitative estimate of drug-likeness (QED) is 0.443. The van der Waals surface area contributed by atoms with Crippen LogP contribution in [0.25, 0.3) is 10.9 Å². The first kappa shape index (κ1) is 25.2. The van der Waals surface area contributed by atoms with Crippen molar-refractivity contribution in [3.63, 3.8) is 0 Å². The predicted octanol–water partition coefficient (Wildman–Crippen LogP) is 4.65. The Morgan fingerprint density at radius 1 is 1.03 bits per heavy atom. The molecule has 0 spiro atoms. The zero-order chi connectivity index (χ0) is 25.5. The van der Waals surface area contributed by atoms with Crippen LogP contribution in [0.15, 0.2) is 47.5 Å². The van der Waals surface area contributed by atoms with E-state index < -0.39 is 40.6 Å². The first-order valence-corrected chi connectivity index (χ1v) is 11.9. The van der Waals surface area contributed by atoms with Crippen LogP contribution in [0.5, 0.6) is 5.75 Å². The summed E-state index contributed by atoms with van der Waals surface area (Å²) >= 11 is 0. The molecule has 0 amide bonds. The molecule has 2 heterocycles. The van der Waals surface area contributed by atoms with Gasteiger partial charge in [0.2, 0.25) is 0 Å². The lowest BCUT2D eigenvalue weighted by Crippen LogP contribution is -2.44. The molecule has 0 N–H and O–H groups in total. The Balaban J connectivity index is 1.82. The number of nitrogens with zero attached hydrogens (tertiary/aromatic N) is 3. The summed E-state index contributed by atoms with van der Waals surface area (Å²) in [5, 5.41) is -0.130. The van der Waals surface area contributed by atoms with Crippen molar-refractivity contribution in [3.8, 4) is 5.75 Å². The minimum absolute atomic E-state index is 0.125. The predicted molar refractivity (Wildman–Crippen MR) is 117 cm³/mol. The molecule has 1 aromatic heterocycles. The lowest BCUT2D eigenvalue weighted by Gasteiger charge is -2.35. The molecular weight excluding hydrogens is 500 g/mol. The Hall–Kier alpha value is -2.93. The largest absolute Gasteiger partial charge is 0.482 e. The molecule has 0 unspecified atom stereocenters. The molecule has 0 aliphatic carbocycles. The van der Waals surface area contributed by atoms with E-state index in [-0.39, 0.29) is 27.2 Å². The monoisotopic (exact) mass is 521 g/mol. The van der Waals surface area contributed by atoms with E-state index in [1.165, 1.54) is 0 Å². The van der Waals surface area contributed by atoms with Crippen molar-refractivity contribution in [2.24, 2.45) is 0 Å². The number of hydrogen-bond acceptors (Lipinski definition) is 5. The highest BCUT2D eigenvalue weighted by molar-refractivity contribution is 7.90. The number of ether oxygens (including phenoxy) is 1. The van der Waals surface area contributed by atoms with Gasteiger partial charge in [0.1, 0.15) is 11.6 Å². The summed E-state index contributed by atoms with van der Waals surface area (Å²) in [5.41, 5.74) is -0.744. The van der Waals surface area contributed by atoms with E-state index in [2.05, 4.69) is 0 Å². The van der Waals surface area contributed by atoms with Crippen molar-refractivity contribution in [2.75, 3.05) is 44.7 Å². The molecule has 0 saturated carbocycles. The number of piperazine rings is 1. The summed E-state index contributed by atoms with van der Waals surface area (Å²) < 4.78 is 112. The molecule has 0 bridgehead atoms. The summed E-state index contributed by atoms with van der Waals surface area (Å²) in [7, 11) is -2.65. The van der Waals surface area contributed by atoms with Gasteiger partial charge in [-0.2, -0.15) is 13.2 Å². The third kappa shape index (κ3) is 5.20. The van der Waals surface area contributed by atoms with E-state index in [4.69, 9.17) is 4.74 Å². The van der Waals surface area contributed by atoms with Gasteiger partial charge in [-0.25, -0.2) is 25.6 Å². The first-order chi connectivity index (χ1) is 16.4. The second-order valence-corrected chi connectivity index (χ2v) is 9.99. The highest BCUT2D eigenvalue weighted by Gasteiger charge is 2.31. The Labute approximate surface area is 197 Å². The second kappa shape index (κ2) is 9.26. The molecule has 0 atom stereocenters. The van der Waals surface area contributed by atoms with Crippen LogP contribution in [0.3, 0.4) is 0 Å². The van der Waals surface area contributed by atoms with Crippen molar-refractivity contribution in [3.05, 3.63) is 54.0 Å². The molecule has 1 fully saturated rings. The normalized spacial score (nSPS) is 15.8. The fourth-order valence-electron chi connectivity index (χ4n) is 3.92. The molecule has 1 aliphatic rings. The molecule has 2 aromatic carbocycles. The third-order valence-corrected chi connectivity index (χ3v) is 7.39. The number of halogens is 6. The molecule has 13 heteroatoms. The van der Waals surface area contributed by atoms with E-state index in [0.29, 0.717) is 30.2 Å². The van der Waals surface area contributed by atoms with Crippen molar-refractivity contribution >= 4 is 26.6 Å². The number of benzene rings is 2. The highest BCUT2D eigenvalue weighted by Crippen LogP contribution is 2.36.